The molecule has 0 fully saturated rings. The molecule has 0 aromatic carbocycles. The van der Waals surface area contributed by atoms with Gasteiger partial charge in [-0.1, -0.05) is 51.7 Å². The Bertz CT molecular complexity index is 118. The molecule has 1 heteroatoms. The van der Waals surface area contributed by atoms with E-state index in [0.717, 1.165) is 6.54 Å². The van der Waals surface area contributed by atoms with E-state index >= 15 is 0 Å². The maximum absolute atomic E-state index is 3.42. The van der Waals surface area contributed by atoms with E-state index in [1.165, 1.54) is 51.5 Å². The maximum Gasteiger partial charge on any atom is 0.0134 e. The smallest absolute Gasteiger partial charge is 0.0134 e. The summed E-state index contributed by atoms with van der Waals surface area (Å²) in [6.07, 6.45) is 13.9. The molecule has 0 atom stereocenters. The lowest BCUT2D eigenvalue weighted by molar-refractivity contribution is 0.645. The molecule has 0 heterocycles. The van der Waals surface area contributed by atoms with Crippen molar-refractivity contribution in [3.05, 3.63) is 12.2 Å². The molecule has 1 nitrogen and oxygen atoms in total. The largest absolute Gasteiger partial charge is 0.313 e. The van der Waals surface area contributed by atoms with Crippen molar-refractivity contribution in [2.45, 2.75) is 58.8 Å². The van der Waals surface area contributed by atoms with Crippen LogP contribution in [0.25, 0.3) is 0 Å². The number of nitrogens with one attached hydrogen (secondary N) is 1. The number of unbranched alkanes of at least 4 members (excludes halogenated alkanes) is 5. The van der Waals surface area contributed by atoms with Crippen LogP contribution >= 0.6 is 0 Å². The number of hydrogen-bond donors (Lipinski definition) is 1. The topological polar surface area (TPSA) is 12.0 Å². The van der Waals surface area contributed by atoms with Crippen molar-refractivity contribution in [2.75, 3.05) is 13.1 Å². The Morgan fingerprint density at radius 1 is 0.857 bits per heavy atom. The van der Waals surface area contributed by atoms with Crippen molar-refractivity contribution in [3.63, 3.8) is 0 Å². The summed E-state index contributed by atoms with van der Waals surface area (Å²) in [5.41, 5.74) is 0. The normalized spacial score (nSPS) is 11.3. The number of hydrogen-bond acceptors (Lipinski definition) is 1. The first-order valence-electron chi connectivity index (χ1n) is 6.27. The number of allylic oxidation sites excluding steroid dienone is 1. The van der Waals surface area contributed by atoms with Crippen molar-refractivity contribution >= 4 is 0 Å². The third-order valence-corrected chi connectivity index (χ3v) is 2.36. The van der Waals surface area contributed by atoms with Crippen LogP contribution in [-0.2, 0) is 0 Å². The zero-order valence-electron chi connectivity index (χ0n) is 10.0. The van der Waals surface area contributed by atoms with Gasteiger partial charge < -0.3 is 5.32 Å². The van der Waals surface area contributed by atoms with Gasteiger partial charge in [0.2, 0.25) is 0 Å². The summed E-state index contributed by atoms with van der Waals surface area (Å²) in [4.78, 5) is 0. The lowest BCUT2D eigenvalue weighted by atomic mass is 10.2. The molecule has 0 spiro atoms. The van der Waals surface area contributed by atoms with E-state index in [-0.39, 0.29) is 0 Å². The van der Waals surface area contributed by atoms with Gasteiger partial charge in [0, 0.05) is 6.54 Å². The van der Waals surface area contributed by atoms with Crippen LogP contribution in [0.5, 0.6) is 0 Å². The first-order chi connectivity index (χ1) is 6.91. The molecule has 0 radical (unpaired) electrons. The molecule has 0 aromatic heterocycles. The molecule has 0 rings (SSSR count). The maximum atomic E-state index is 3.42. The molecule has 0 saturated heterocycles. The quantitative estimate of drug-likeness (QED) is 0.414. The van der Waals surface area contributed by atoms with Crippen molar-refractivity contribution in [3.8, 4) is 0 Å². The van der Waals surface area contributed by atoms with Crippen molar-refractivity contribution < 1.29 is 0 Å². The molecule has 0 aromatic rings. The number of rotatable bonds is 10. The van der Waals surface area contributed by atoms with Crippen LogP contribution in [0.15, 0.2) is 12.2 Å². The Labute approximate surface area is 90.0 Å². The minimum atomic E-state index is 1.05. The third kappa shape index (κ3) is 11.7. The monoisotopic (exact) mass is 197 g/mol. The van der Waals surface area contributed by atoms with Gasteiger partial charge in [0.1, 0.15) is 0 Å². The molecule has 0 aliphatic heterocycles. The van der Waals surface area contributed by atoms with E-state index in [1.54, 1.807) is 0 Å². The first kappa shape index (κ1) is 13.7. The zero-order valence-corrected chi connectivity index (χ0v) is 10.0. The molecule has 0 unspecified atom stereocenters. The second-order valence-electron chi connectivity index (χ2n) is 3.88. The van der Waals surface area contributed by atoms with Gasteiger partial charge in [-0.3, -0.25) is 0 Å². The predicted octanol–water partition coefficient (Wildman–Crippen LogP) is 3.90. The first-order valence-corrected chi connectivity index (χ1v) is 6.27. The highest BCUT2D eigenvalue weighted by Crippen LogP contribution is 1.98. The van der Waals surface area contributed by atoms with E-state index in [9.17, 15) is 0 Å². The molecule has 0 amide bonds. The van der Waals surface area contributed by atoms with Gasteiger partial charge in [-0.15, -0.1) is 0 Å². The summed E-state index contributed by atoms with van der Waals surface area (Å²) in [7, 11) is 0. The molecule has 14 heavy (non-hydrogen) atoms. The van der Waals surface area contributed by atoms with Crippen LogP contribution in [0.1, 0.15) is 58.8 Å². The summed E-state index contributed by atoms with van der Waals surface area (Å²) in [5, 5.41) is 3.42. The van der Waals surface area contributed by atoms with Crippen molar-refractivity contribution in [2.24, 2.45) is 0 Å². The Morgan fingerprint density at radius 3 is 2.29 bits per heavy atom. The van der Waals surface area contributed by atoms with Crippen molar-refractivity contribution in [1.29, 1.82) is 0 Å². The van der Waals surface area contributed by atoms with Gasteiger partial charge in [-0.2, -0.15) is 0 Å². The minimum absolute atomic E-state index is 1.05. The Kier molecular flexibility index (Phi) is 12.4. The predicted molar refractivity (Wildman–Crippen MR) is 65.7 cm³/mol. The summed E-state index contributed by atoms with van der Waals surface area (Å²) >= 11 is 0. The van der Waals surface area contributed by atoms with Crippen molar-refractivity contribution in [1.82, 2.24) is 5.32 Å². The highest BCUT2D eigenvalue weighted by Gasteiger charge is 1.84. The van der Waals surface area contributed by atoms with E-state index in [1.807, 2.05) is 0 Å². The van der Waals surface area contributed by atoms with Crippen LogP contribution in [-0.4, -0.2) is 13.1 Å². The second-order valence-corrected chi connectivity index (χ2v) is 3.88. The minimum Gasteiger partial charge on any atom is -0.313 e. The van der Waals surface area contributed by atoms with Gasteiger partial charge in [-0.05, 0) is 25.8 Å². The zero-order chi connectivity index (χ0) is 10.5. The fraction of sp³-hybridized carbons (Fsp3) is 0.846. The Balaban J connectivity index is 2.96. The van der Waals surface area contributed by atoms with Gasteiger partial charge >= 0.3 is 0 Å². The summed E-state index contributed by atoms with van der Waals surface area (Å²) in [6, 6.07) is 0. The molecule has 1 N–H and O–H groups in total. The summed E-state index contributed by atoms with van der Waals surface area (Å²) in [6.45, 7) is 6.72. The Morgan fingerprint density at radius 2 is 1.57 bits per heavy atom. The van der Waals surface area contributed by atoms with Gasteiger partial charge in [0.25, 0.3) is 0 Å². The molecular formula is C13H27N. The molecule has 0 aliphatic carbocycles. The third-order valence-electron chi connectivity index (χ3n) is 2.36. The fourth-order valence-corrected chi connectivity index (χ4v) is 1.40. The highest BCUT2D eigenvalue weighted by molar-refractivity contribution is 4.83. The van der Waals surface area contributed by atoms with Crippen LogP contribution < -0.4 is 5.32 Å². The fourth-order valence-electron chi connectivity index (χ4n) is 1.40. The SMILES string of the molecule is CCCCCC=CCNCCCCC. The van der Waals surface area contributed by atoms with E-state index < -0.39 is 0 Å². The molecule has 0 aliphatic rings. The molecule has 0 saturated carbocycles. The van der Waals surface area contributed by atoms with Gasteiger partial charge in [0.05, 0.1) is 0 Å². The van der Waals surface area contributed by atoms with Crippen LogP contribution in [0.2, 0.25) is 0 Å². The lowest BCUT2D eigenvalue weighted by Crippen LogP contribution is -2.14. The van der Waals surface area contributed by atoms with Gasteiger partial charge in [0.15, 0.2) is 0 Å². The average Bonchev–Trinajstić information content (AvgIpc) is 2.21. The van der Waals surface area contributed by atoms with E-state index in [0.29, 0.717) is 0 Å². The summed E-state index contributed by atoms with van der Waals surface area (Å²) < 4.78 is 0. The van der Waals surface area contributed by atoms with Crippen LogP contribution in [0.3, 0.4) is 0 Å². The van der Waals surface area contributed by atoms with Crippen LogP contribution in [0, 0.1) is 0 Å². The summed E-state index contributed by atoms with van der Waals surface area (Å²) in [5.74, 6) is 0. The molecular weight excluding hydrogens is 170 g/mol. The second kappa shape index (κ2) is 12.7. The molecule has 84 valence electrons. The van der Waals surface area contributed by atoms with E-state index in [4.69, 9.17) is 0 Å². The lowest BCUT2D eigenvalue weighted by Gasteiger charge is -1.99. The standard InChI is InChI=1S/C13H27N/c1-3-5-7-8-9-11-13-14-12-10-6-4-2/h9,11,14H,3-8,10,12-13H2,1-2H3. The average molecular weight is 197 g/mol. The van der Waals surface area contributed by atoms with E-state index in [2.05, 4.69) is 31.3 Å². The Hall–Kier alpha value is -0.300. The van der Waals surface area contributed by atoms with Gasteiger partial charge in [-0.25, -0.2) is 0 Å². The molecule has 0 bridgehead atoms. The van der Waals surface area contributed by atoms with Crippen LogP contribution in [0.4, 0.5) is 0 Å². The highest BCUT2D eigenvalue weighted by atomic mass is 14.8.